The van der Waals surface area contributed by atoms with Gasteiger partial charge in [0.1, 0.15) is 5.82 Å². The minimum atomic E-state index is 0.758. The van der Waals surface area contributed by atoms with Crippen LogP contribution in [0.3, 0.4) is 0 Å². The fourth-order valence-electron chi connectivity index (χ4n) is 1.86. The first-order valence-corrected chi connectivity index (χ1v) is 7.25. The Bertz CT molecular complexity index is 319. The molecule has 0 unspecified atom stereocenters. The number of halogens is 1. The van der Waals surface area contributed by atoms with Crippen molar-refractivity contribution in [1.29, 1.82) is 0 Å². The van der Waals surface area contributed by atoms with E-state index in [1.54, 1.807) is 0 Å². The molecule has 0 atom stereocenters. The lowest BCUT2D eigenvalue weighted by atomic mass is 10.2. The molecule has 0 bridgehead atoms. The van der Waals surface area contributed by atoms with E-state index in [0.29, 0.717) is 0 Å². The monoisotopic (exact) mass is 282 g/mol. The highest BCUT2D eigenvalue weighted by Gasteiger charge is 2.29. The Morgan fingerprint density at radius 3 is 2.75 bits per heavy atom. The summed E-state index contributed by atoms with van der Waals surface area (Å²) >= 11 is 3.45. The Kier molecular flexibility index (Phi) is 4.22. The Hall–Kier alpha value is -0.570. The summed E-state index contributed by atoms with van der Waals surface area (Å²) in [6.45, 7) is 3.40. The molecule has 0 aliphatic heterocycles. The Morgan fingerprint density at radius 2 is 2.25 bits per heavy atom. The minimum Gasteiger partial charge on any atom is -0.354 e. The van der Waals surface area contributed by atoms with Crippen molar-refractivity contribution in [3.05, 3.63) is 23.9 Å². The van der Waals surface area contributed by atoms with E-state index in [0.717, 1.165) is 23.7 Å². The highest BCUT2D eigenvalue weighted by molar-refractivity contribution is 9.08. The molecule has 0 spiro atoms. The maximum atomic E-state index is 4.56. The summed E-state index contributed by atoms with van der Waals surface area (Å²) < 4.78 is 0. The Balaban J connectivity index is 2.05. The van der Waals surface area contributed by atoms with Crippen LogP contribution in [0, 0.1) is 0 Å². The van der Waals surface area contributed by atoms with Crippen LogP contribution in [0.2, 0.25) is 0 Å². The molecule has 1 aromatic rings. The lowest BCUT2D eigenvalue weighted by molar-refractivity contribution is 0.704. The molecule has 0 amide bonds. The van der Waals surface area contributed by atoms with E-state index >= 15 is 0 Å². The lowest BCUT2D eigenvalue weighted by Gasteiger charge is -2.23. The van der Waals surface area contributed by atoms with Crippen LogP contribution >= 0.6 is 15.9 Å². The topological polar surface area (TPSA) is 16.1 Å². The maximum Gasteiger partial charge on any atom is 0.128 e. The fraction of sp³-hybridized carbons (Fsp3) is 0.615. The molecule has 2 nitrogen and oxygen atoms in total. The smallest absolute Gasteiger partial charge is 0.128 e. The molecule has 1 saturated carbocycles. The van der Waals surface area contributed by atoms with Gasteiger partial charge in [-0.05, 0) is 30.9 Å². The van der Waals surface area contributed by atoms with Gasteiger partial charge < -0.3 is 4.90 Å². The molecule has 0 radical (unpaired) electrons. The molecular formula is C13H19BrN2. The summed E-state index contributed by atoms with van der Waals surface area (Å²) in [5.74, 6) is 1.15. The van der Waals surface area contributed by atoms with Gasteiger partial charge >= 0.3 is 0 Å². The highest BCUT2D eigenvalue weighted by atomic mass is 79.9. The number of hydrogen-bond donors (Lipinski definition) is 0. The zero-order valence-electron chi connectivity index (χ0n) is 9.82. The minimum absolute atomic E-state index is 0.758. The summed E-state index contributed by atoms with van der Waals surface area (Å²) in [6, 6.07) is 5.08. The zero-order chi connectivity index (χ0) is 11.4. The van der Waals surface area contributed by atoms with E-state index in [1.807, 2.05) is 6.20 Å². The summed E-state index contributed by atoms with van der Waals surface area (Å²) in [5.41, 5.74) is 1.25. The predicted octanol–water partition coefficient (Wildman–Crippen LogP) is 3.75. The van der Waals surface area contributed by atoms with Gasteiger partial charge in [0, 0.05) is 24.1 Å². The molecule has 1 heterocycles. The molecule has 0 saturated heterocycles. The third-order valence-corrected chi connectivity index (χ3v) is 3.65. The van der Waals surface area contributed by atoms with E-state index in [1.165, 1.54) is 31.2 Å². The van der Waals surface area contributed by atoms with E-state index < -0.39 is 0 Å². The fourth-order valence-corrected chi connectivity index (χ4v) is 2.20. The van der Waals surface area contributed by atoms with Gasteiger partial charge in [-0.2, -0.15) is 0 Å². The molecule has 0 N–H and O–H groups in total. The molecule has 16 heavy (non-hydrogen) atoms. The molecule has 1 aliphatic rings. The van der Waals surface area contributed by atoms with Crippen molar-refractivity contribution in [1.82, 2.24) is 4.98 Å². The Labute approximate surface area is 106 Å². The zero-order valence-corrected chi connectivity index (χ0v) is 11.4. The van der Waals surface area contributed by atoms with Gasteiger partial charge in [-0.25, -0.2) is 4.98 Å². The van der Waals surface area contributed by atoms with Crippen molar-refractivity contribution in [2.75, 3.05) is 11.4 Å². The predicted molar refractivity (Wildman–Crippen MR) is 72.1 cm³/mol. The van der Waals surface area contributed by atoms with Gasteiger partial charge in [-0.3, -0.25) is 0 Å². The van der Waals surface area contributed by atoms with Gasteiger partial charge in [0.25, 0.3) is 0 Å². The number of nitrogens with zero attached hydrogens (tertiary/aromatic N) is 2. The molecule has 88 valence electrons. The molecular weight excluding hydrogens is 264 g/mol. The van der Waals surface area contributed by atoms with E-state index in [4.69, 9.17) is 0 Å². The van der Waals surface area contributed by atoms with Crippen LogP contribution in [0.5, 0.6) is 0 Å². The Morgan fingerprint density at radius 1 is 1.44 bits per heavy atom. The summed E-state index contributed by atoms with van der Waals surface area (Å²) in [5, 5.41) is 0.888. The normalized spacial score (nSPS) is 15.1. The van der Waals surface area contributed by atoms with Crippen LogP contribution in [-0.2, 0) is 5.33 Å². The second-order valence-electron chi connectivity index (χ2n) is 4.44. The van der Waals surface area contributed by atoms with Crippen molar-refractivity contribution < 1.29 is 0 Å². The highest BCUT2D eigenvalue weighted by Crippen LogP contribution is 2.30. The average Bonchev–Trinajstić information content (AvgIpc) is 3.15. The first-order chi connectivity index (χ1) is 7.85. The van der Waals surface area contributed by atoms with Gasteiger partial charge in [0.05, 0.1) is 0 Å². The first-order valence-electron chi connectivity index (χ1n) is 6.12. The van der Waals surface area contributed by atoms with Gasteiger partial charge in [-0.1, -0.05) is 35.3 Å². The summed E-state index contributed by atoms with van der Waals surface area (Å²) in [7, 11) is 0. The van der Waals surface area contributed by atoms with E-state index in [2.05, 4.69) is 44.9 Å². The number of aromatic nitrogens is 1. The molecule has 1 fully saturated rings. The van der Waals surface area contributed by atoms with E-state index in [9.17, 15) is 0 Å². The van der Waals surface area contributed by atoms with Crippen molar-refractivity contribution in [3.8, 4) is 0 Å². The molecule has 2 rings (SSSR count). The third-order valence-electron chi connectivity index (χ3n) is 3.00. The van der Waals surface area contributed by atoms with Gasteiger partial charge in [0.15, 0.2) is 0 Å². The number of rotatable bonds is 6. The second kappa shape index (κ2) is 5.67. The number of anilines is 1. The first kappa shape index (κ1) is 11.9. The van der Waals surface area contributed by atoms with Crippen LogP contribution in [0.25, 0.3) is 0 Å². The SMILES string of the molecule is CCCCN(c1ccc(CBr)cn1)C1CC1. The van der Waals surface area contributed by atoms with Crippen LogP contribution in [-0.4, -0.2) is 17.6 Å². The quantitative estimate of drug-likeness (QED) is 0.739. The standard InChI is InChI=1S/C13H19BrN2/c1-2-3-8-16(12-5-6-12)13-7-4-11(9-14)10-15-13/h4,7,10,12H,2-3,5-6,8-9H2,1H3. The maximum absolute atomic E-state index is 4.56. The number of hydrogen-bond acceptors (Lipinski definition) is 2. The molecule has 1 aliphatic carbocycles. The molecule has 1 aromatic heterocycles. The largest absolute Gasteiger partial charge is 0.354 e. The number of unbranched alkanes of at least 4 members (excludes halogenated alkanes) is 1. The summed E-state index contributed by atoms with van der Waals surface area (Å²) in [4.78, 5) is 7.03. The van der Waals surface area contributed by atoms with Crippen LogP contribution in [0.4, 0.5) is 5.82 Å². The van der Waals surface area contributed by atoms with Crippen molar-refractivity contribution >= 4 is 21.7 Å². The third kappa shape index (κ3) is 2.97. The average molecular weight is 283 g/mol. The van der Waals surface area contributed by atoms with Crippen LogP contribution in [0.1, 0.15) is 38.2 Å². The summed E-state index contributed by atoms with van der Waals surface area (Å²) in [6.07, 6.45) is 7.17. The lowest BCUT2D eigenvalue weighted by Crippen LogP contribution is -2.27. The van der Waals surface area contributed by atoms with Gasteiger partial charge in [-0.15, -0.1) is 0 Å². The number of alkyl halides is 1. The second-order valence-corrected chi connectivity index (χ2v) is 5.00. The van der Waals surface area contributed by atoms with Crippen molar-refractivity contribution in [3.63, 3.8) is 0 Å². The van der Waals surface area contributed by atoms with Crippen LogP contribution in [0.15, 0.2) is 18.3 Å². The van der Waals surface area contributed by atoms with Crippen molar-refractivity contribution in [2.45, 2.75) is 44.0 Å². The number of pyridine rings is 1. The van der Waals surface area contributed by atoms with Crippen LogP contribution < -0.4 is 4.90 Å². The molecule has 3 heteroatoms. The van der Waals surface area contributed by atoms with Gasteiger partial charge in [0.2, 0.25) is 0 Å². The van der Waals surface area contributed by atoms with Crippen molar-refractivity contribution in [2.24, 2.45) is 0 Å². The molecule has 0 aromatic carbocycles. The van der Waals surface area contributed by atoms with E-state index in [-0.39, 0.29) is 0 Å².